The Labute approximate surface area is 142 Å². The Balaban J connectivity index is 1.27. The van der Waals surface area contributed by atoms with E-state index in [4.69, 9.17) is 9.47 Å². The molecule has 2 fully saturated rings. The van der Waals surface area contributed by atoms with E-state index in [9.17, 15) is 0 Å². The Hall–Kier alpha value is -1.98. The molecule has 2 aromatic heterocycles. The molecule has 1 atom stereocenters. The fourth-order valence-corrected chi connectivity index (χ4v) is 3.82. The SMILES string of the molecule is c1ccc(CN2CC3(C2)OCC[C@H]3CCOc2ccccn2)nc1. The Bertz CT molecular complexity index is 644. The zero-order valence-electron chi connectivity index (χ0n) is 13.8. The molecule has 0 N–H and O–H groups in total. The summed E-state index contributed by atoms with van der Waals surface area (Å²) in [6.07, 6.45) is 5.77. The number of aromatic nitrogens is 2. The number of ether oxygens (including phenoxy) is 2. The van der Waals surface area contributed by atoms with E-state index >= 15 is 0 Å². The van der Waals surface area contributed by atoms with Crippen LogP contribution in [-0.2, 0) is 11.3 Å². The molecule has 5 heteroatoms. The molecule has 0 radical (unpaired) electrons. The molecule has 2 aromatic rings. The van der Waals surface area contributed by atoms with Crippen LogP contribution in [0.5, 0.6) is 5.88 Å². The zero-order valence-corrected chi connectivity index (χ0v) is 13.8. The second kappa shape index (κ2) is 6.87. The minimum atomic E-state index is 0.0300. The molecule has 5 nitrogen and oxygen atoms in total. The quantitative estimate of drug-likeness (QED) is 0.817. The second-order valence-corrected chi connectivity index (χ2v) is 6.67. The largest absolute Gasteiger partial charge is 0.478 e. The van der Waals surface area contributed by atoms with Gasteiger partial charge in [0, 0.05) is 44.7 Å². The van der Waals surface area contributed by atoms with E-state index in [1.54, 1.807) is 6.20 Å². The molecule has 0 aromatic carbocycles. The monoisotopic (exact) mass is 325 g/mol. The average Bonchev–Trinajstić information content (AvgIpc) is 3.00. The summed E-state index contributed by atoms with van der Waals surface area (Å²) >= 11 is 0. The summed E-state index contributed by atoms with van der Waals surface area (Å²) in [5.41, 5.74) is 1.16. The van der Waals surface area contributed by atoms with E-state index < -0.39 is 0 Å². The van der Waals surface area contributed by atoms with Crippen LogP contribution in [0.4, 0.5) is 0 Å². The van der Waals surface area contributed by atoms with Gasteiger partial charge < -0.3 is 9.47 Å². The molecule has 2 saturated heterocycles. The summed E-state index contributed by atoms with van der Waals surface area (Å²) in [4.78, 5) is 11.0. The number of likely N-dealkylation sites (tertiary alicyclic amines) is 1. The van der Waals surface area contributed by atoms with Gasteiger partial charge in [-0.15, -0.1) is 0 Å². The van der Waals surface area contributed by atoms with Crippen LogP contribution in [0.3, 0.4) is 0 Å². The zero-order chi connectivity index (χ0) is 16.2. The summed E-state index contributed by atoms with van der Waals surface area (Å²) in [5, 5.41) is 0. The van der Waals surface area contributed by atoms with Crippen molar-refractivity contribution in [1.29, 1.82) is 0 Å². The second-order valence-electron chi connectivity index (χ2n) is 6.67. The number of hydrogen-bond donors (Lipinski definition) is 0. The molecule has 2 aliphatic rings. The van der Waals surface area contributed by atoms with Gasteiger partial charge >= 0.3 is 0 Å². The maximum Gasteiger partial charge on any atom is 0.213 e. The number of nitrogens with zero attached hydrogens (tertiary/aromatic N) is 3. The summed E-state index contributed by atoms with van der Waals surface area (Å²) in [7, 11) is 0. The van der Waals surface area contributed by atoms with Crippen LogP contribution in [0.25, 0.3) is 0 Å². The number of rotatable bonds is 6. The van der Waals surface area contributed by atoms with Crippen molar-refractivity contribution in [2.75, 3.05) is 26.3 Å². The first-order valence-corrected chi connectivity index (χ1v) is 8.64. The van der Waals surface area contributed by atoms with Crippen LogP contribution in [0, 0.1) is 5.92 Å². The van der Waals surface area contributed by atoms with Crippen molar-refractivity contribution >= 4 is 0 Å². The molecule has 0 aliphatic carbocycles. The fourth-order valence-electron chi connectivity index (χ4n) is 3.82. The first-order valence-electron chi connectivity index (χ1n) is 8.64. The Morgan fingerprint density at radius 2 is 1.96 bits per heavy atom. The lowest BCUT2D eigenvalue weighted by Gasteiger charge is -2.50. The van der Waals surface area contributed by atoms with Crippen LogP contribution in [0.1, 0.15) is 18.5 Å². The summed E-state index contributed by atoms with van der Waals surface area (Å²) in [6, 6.07) is 11.8. The van der Waals surface area contributed by atoms with Crippen molar-refractivity contribution in [3.63, 3.8) is 0 Å². The van der Waals surface area contributed by atoms with E-state index in [-0.39, 0.29) is 5.60 Å². The highest BCUT2D eigenvalue weighted by molar-refractivity contribution is 5.10. The molecular weight excluding hydrogens is 302 g/mol. The van der Waals surface area contributed by atoms with Gasteiger partial charge in [-0.25, -0.2) is 4.98 Å². The minimum Gasteiger partial charge on any atom is -0.478 e. The van der Waals surface area contributed by atoms with Gasteiger partial charge in [0.15, 0.2) is 0 Å². The van der Waals surface area contributed by atoms with Crippen LogP contribution < -0.4 is 4.74 Å². The third-order valence-corrected chi connectivity index (χ3v) is 5.05. The van der Waals surface area contributed by atoms with E-state index in [0.717, 1.165) is 44.8 Å². The molecule has 0 bridgehead atoms. The molecule has 126 valence electrons. The van der Waals surface area contributed by atoms with Crippen molar-refractivity contribution in [1.82, 2.24) is 14.9 Å². The summed E-state index contributed by atoms with van der Waals surface area (Å²) in [6.45, 7) is 4.47. The number of hydrogen-bond acceptors (Lipinski definition) is 5. The van der Waals surface area contributed by atoms with Crippen LogP contribution in [-0.4, -0.2) is 46.8 Å². The van der Waals surface area contributed by atoms with Gasteiger partial charge in [0.1, 0.15) is 0 Å². The molecule has 2 aliphatic heterocycles. The molecule has 0 saturated carbocycles. The van der Waals surface area contributed by atoms with Crippen molar-refractivity contribution in [3.05, 3.63) is 54.5 Å². The van der Waals surface area contributed by atoms with Gasteiger partial charge in [0.2, 0.25) is 5.88 Å². The Morgan fingerprint density at radius 3 is 2.71 bits per heavy atom. The van der Waals surface area contributed by atoms with Crippen LogP contribution in [0.2, 0.25) is 0 Å². The lowest BCUT2D eigenvalue weighted by Crippen LogP contribution is -2.64. The average molecular weight is 325 g/mol. The highest BCUT2D eigenvalue weighted by Gasteiger charge is 2.52. The minimum absolute atomic E-state index is 0.0300. The van der Waals surface area contributed by atoms with Gasteiger partial charge in [-0.1, -0.05) is 12.1 Å². The summed E-state index contributed by atoms with van der Waals surface area (Å²) < 4.78 is 11.9. The van der Waals surface area contributed by atoms with E-state index in [1.165, 1.54) is 0 Å². The van der Waals surface area contributed by atoms with Crippen molar-refractivity contribution < 1.29 is 9.47 Å². The smallest absolute Gasteiger partial charge is 0.213 e. The maximum atomic E-state index is 6.13. The van der Waals surface area contributed by atoms with E-state index in [1.807, 2.05) is 36.5 Å². The first-order chi connectivity index (χ1) is 11.8. The fraction of sp³-hybridized carbons (Fsp3) is 0.474. The molecule has 1 spiro atoms. The molecule has 0 unspecified atom stereocenters. The third-order valence-electron chi connectivity index (χ3n) is 5.05. The molecule has 0 amide bonds. The van der Waals surface area contributed by atoms with Crippen LogP contribution in [0.15, 0.2) is 48.8 Å². The van der Waals surface area contributed by atoms with Gasteiger partial charge in [-0.3, -0.25) is 9.88 Å². The van der Waals surface area contributed by atoms with Gasteiger partial charge in [-0.05, 0) is 37.0 Å². The van der Waals surface area contributed by atoms with E-state index in [0.29, 0.717) is 18.4 Å². The maximum absolute atomic E-state index is 6.13. The summed E-state index contributed by atoms with van der Waals surface area (Å²) in [5.74, 6) is 1.28. The van der Waals surface area contributed by atoms with Crippen molar-refractivity contribution in [2.45, 2.75) is 25.0 Å². The predicted molar refractivity (Wildman–Crippen MR) is 90.7 cm³/mol. The number of pyridine rings is 2. The highest BCUT2D eigenvalue weighted by atomic mass is 16.5. The molecule has 24 heavy (non-hydrogen) atoms. The highest BCUT2D eigenvalue weighted by Crippen LogP contribution is 2.42. The Morgan fingerprint density at radius 1 is 1.12 bits per heavy atom. The normalized spacial score (nSPS) is 22.4. The Kier molecular flexibility index (Phi) is 4.45. The van der Waals surface area contributed by atoms with Gasteiger partial charge in [-0.2, -0.15) is 0 Å². The van der Waals surface area contributed by atoms with Crippen molar-refractivity contribution in [3.8, 4) is 5.88 Å². The van der Waals surface area contributed by atoms with Crippen LogP contribution >= 0.6 is 0 Å². The predicted octanol–water partition coefficient (Wildman–Crippen LogP) is 2.54. The van der Waals surface area contributed by atoms with E-state index in [2.05, 4.69) is 20.9 Å². The lowest BCUT2D eigenvalue weighted by molar-refractivity contribution is -0.138. The molecule has 4 rings (SSSR count). The first kappa shape index (κ1) is 15.5. The third kappa shape index (κ3) is 3.28. The van der Waals surface area contributed by atoms with Gasteiger partial charge in [0.05, 0.1) is 17.9 Å². The molecule has 4 heterocycles. The topological polar surface area (TPSA) is 47.5 Å². The standard InChI is InChI=1S/C19H23N3O2/c1-3-9-20-17(5-1)13-22-14-19(15-22)16(8-12-24-19)7-11-23-18-6-2-4-10-21-18/h1-6,9-10,16H,7-8,11-15H2/t16-/m1/s1. The lowest BCUT2D eigenvalue weighted by atomic mass is 9.79. The van der Waals surface area contributed by atoms with Gasteiger partial charge in [0.25, 0.3) is 0 Å². The van der Waals surface area contributed by atoms with Crippen molar-refractivity contribution in [2.24, 2.45) is 5.92 Å². The molecular formula is C19H23N3O2.